The van der Waals surface area contributed by atoms with Crippen molar-refractivity contribution in [3.8, 4) is 12.1 Å². The van der Waals surface area contributed by atoms with Crippen molar-refractivity contribution in [1.29, 1.82) is 10.5 Å². The van der Waals surface area contributed by atoms with Crippen LogP contribution in [0.5, 0.6) is 0 Å². The Morgan fingerprint density at radius 2 is 1.86 bits per heavy atom. The largest absolute Gasteiger partial charge is 0.322 e. The maximum absolute atomic E-state index is 12.5. The molecule has 35 heavy (non-hydrogen) atoms. The van der Waals surface area contributed by atoms with Crippen LogP contribution in [-0.4, -0.2) is 15.8 Å². The predicted octanol–water partition coefficient (Wildman–Crippen LogP) is 6.35. The number of thiazole rings is 1. The highest BCUT2D eigenvalue weighted by atomic mass is 32.2. The molecule has 0 aliphatic carbocycles. The molecule has 0 unspecified atom stereocenters. The van der Waals surface area contributed by atoms with Gasteiger partial charge in [-0.2, -0.15) is 10.5 Å². The van der Waals surface area contributed by atoms with Gasteiger partial charge in [0.15, 0.2) is 4.34 Å². The van der Waals surface area contributed by atoms with Gasteiger partial charge in [-0.15, -0.1) is 11.3 Å². The van der Waals surface area contributed by atoms with Crippen LogP contribution in [-0.2, 0) is 0 Å². The third kappa shape index (κ3) is 5.53. The first kappa shape index (κ1) is 23.6. The van der Waals surface area contributed by atoms with E-state index < -0.39 is 4.92 Å². The number of nitriles is 2. The fraction of sp³-hybridized carbons (Fsp3) is 0.0400. The Kier molecular flexibility index (Phi) is 6.88. The van der Waals surface area contributed by atoms with Crippen molar-refractivity contribution in [3.05, 3.63) is 93.0 Å². The first-order valence-corrected chi connectivity index (χ1v) is 11.8. The van der Waals surface area contributed by atoms with Crippen molar-refractivity contribution in [2.75, 3.05) is 5.32 Å². The molecule has 0 spiro atoms. The molecule has 0 saturated heterocycles. The van der Waals surface area contributed by atoms with Crippen LogP contribution in [0, 0.1) is 39.7 Å². The number of hydrogen-bond acceptors (Lipinski definition) is 8. The minimum atomic E-state index is -0.510. The fourth-order valence-electron chi connectivity index (χ4n) is 3.14. The number of nitrogens with zero attached hydrogens (tertiary/aromatic N) is 4. The highest BCUT2D eigenvalue weighted by Crippen LogP contribution is 2.39. The molecule has 1 amide bonds. The predicted molar refractivity (Wildman–Crippen MR) is 135 cm³/mol. The monoisotopic (exact) mass is 497 g/mol. The van der Waals surface area contributed by atoms with Gasteiger partial charge in [0.05, 0.1) is 20.0 Å². The summed E-state index contributed by atoms with van der Waals surface area (Å²) in [4.78, 5) is 28.6. The Labute approximate surface area is 208 Å². The number of hydrogen-bond donors (Lipinski definition) is 1. The van der Waals surface area contributed by atoms with Gasteiger partial charge in [0, 0.05) is 17.3 Å². The maximum Gasteiger partial charge on any atom is 0.283 e. The van der Waals surface area contributed by atoms with Gasteiger partial charge in [0.25, 0.3) is 11.6 Å². The van der Waals surface area contributed by atoms with E-state index in [2.05, 4.69) is 10.3 Å². The summed E-state index contributed by atoms with van der Waals surface area (Å²) < 4.78 is 1.42. The number of fused-ring (bicyclic) bond motifs is 1. The number of aromatic nitrogens is 1. The van der Waals surface area contributed by atoms with Gasteiger partial charge in [-0.25, -0.2) is 4.98 Å². The number of anilines is 1. The molecule has 4 rings (SSSR count). The number of rotatable bonds is 6. The number of allylic oxidation sites excluding steroid dienone is 1. The molecular formula is C25H15N5O3S2. The molecule has 8 nitrogen and oxygen atoms in total. The highest BCUT2D eigenvalue weighted by Gasteiger charge is 2.18. The molecule has 0 fully saturated rings. The Bertz CT molecular complexity index is 1560. The summed E-state index contributed by atoms with van der Waals surface area (Å²) in [5.41, 5.74) is 3.05. The van der Waals surface area contributed by atoms with Crippen LogP contribution in [0.4, 0.5) is 11.4 Å². The molecule has 0 aliphatic heterocycles. The number of nitro benzene ring substituents is 1. The van der Waals surface area contributed by atoms with Crippen LogP contribution in [0.2, 0.25) is 0 Å². The third-order valence-electron chi connectivity index (χ3n) is 4.87. The molecule has 4 aromatic rings. The summed E-state index contributed by atoms with van der Waals surface area (Å²) >= 11 is 2.51. The number of benzene rings is 3. The lowest BCUT2D eigenvalue weighted by Crippen LogP contribution is -2.11. The number of nitro groups is 1. The summed E-state index contributed by atoms with van der Waals surface area (Å²) in [6, 6.07) is 20.6. The highest BCUT2D eigenvalue weighted by molar-refractivity contribution is 8.01. The van der Waals surface area contributed by atoms with Crippen LogP contribution in [0.15, 0.2) is 75.5 Å². The average molecular weight is 498 g/mol. The van der Waals surface area contributed by atoms with Gasteiger partial charge >= 0.3 is 0 Å². The van der Waals surface area contributed by atoms with Gasteiger partial charge in [0.1, 0.15) is 17.7 Å². The van der Waals surface area contributed by atoms with E-state index in [1.54, 1.807) is 48.5 Å². The second kappa shape index (κ2) is 10.2. The first-order valence-electron chi connectivity index (χ1n) is 10.1. The zero-order chi connectivity index (χ0) is 24.9. The Morgan fingerprint density at radius 1 is 1.11 bits per heavy atom. The molecule has 1 aromatic heterocycles. The van der Waals surface area contributed by atoms with Crippen LogP contribution in [0.1, 0.15) is 21.5 Å². The number of aryl methyl sites for hydroxylation is 1. The van der Waals surface area contributed by atoms with Crippen LogP contribution in [0.25, 0.3) is 16.3 Å². The van der Waals surface area contributed by atoms with Crippen LogP contribution >= 0.6 is 23.1 Å². The smallest absolute Gasteiger partial charge is 0.283 e. The minimum absolute atomic E-state index is 0.142. The second-order valence-corrected chi connectivity index (χ2v) is 9.67. The van der Waals surface area contributed by atoms with Gasteiger partial charge in [-0.1, -0.05) is 35.5 Å². The summed E-state index contributed by atoms with van der Waals surface area (Å²) in [5.74, 6) is -0.218. The number of amides is 1. The fourth-order valence-corrected chi connectivity index (χ4v) is 5.28. The zero-order valence-corrected chi connectivity index (χ0v) is 19.8. The van der Waals surface area contributed by atoms with E-state index in [1.807, 2.05) is 25.1 Å². The first-order chi connectivity index (χ1) is 16.9. The zero-order valence-electron chi connectivity index (χ0n) is 18.2. The third-order valence-corrected chi connectivity index (χ3v) is 7.01. The Hall–Kier alpha value is -4.51. The van der Waals surface area contributed by atoms with Gasteiger partial charge < -0.3 is 5.32 Å². The normalized spacial score (nSPS) is 10.3. The maximum atomic E-state index is 12.5. The van der Waals surface area contributed by atoms with Gasteiger partial charge in [-0.05, 0) is 55.0 Å². The van der Waals surface area contributed by atoms with Crippen molar-refractivity contribution < 1.29 is 9.72 Å². The van der Waals surface area contributed by atoms with E-state index in [4.69, 9.17) is 10.5 Å². The molecule has 3 aromatic carbocycles. The van der Waals surface area contributed by atoms with Crippen molar-refractivity contribution in [3.63, 3.8) is 0 Å². The molecule has 170 valence electrons. The molecule has 0 saturated carbocycles. The van der Waals surface area contributed by atoms with E-state index in [0.717, 1.165) is 22.0 Å². The Morgan fingerprint density at radius 3 is 2.54 bits per heavy atom. The molecule has 10 heteroatoms. The Balaban J connectivity index is 1.57. The number of nitrogens with one attached hydrogen (secondary N) is 1. The van der Waals surface area contributed by atoms with Crippen LogP contribution in [0.3, 0.4) is 0 Å². The number of carbonyl (C=O) groups excluding carboxylic acids is 1. The average Bonchev–Trinajstić information content (AvgIpc) is 3.25. The topological polar surface area (TPSA) is 133 Å². The summed E-state index contributed by atoms with van der Waals surface area (Å²) in [7, 11) is 0. The summed E-state index contributed by atoms with van der Waals surface area (Å²) in [6.07, 6.45) is 1.30. The van der Waals surface area contributed by atoms with E-state index in [9.17, 15) is 14.9 Å². The van der Waals surface area contributed by atoms with E-state index in [0.29, 0.717) is 31.6 Å². The standard InChI is InChI=1S/C25H15N5O3S2/c1-15-2-5-18(6-3-15)24(31)28-19-7-8-20-23(12-19)35-25(29-20)34-22-9-4-16(10-17(13-26)14-27)11-21(22)30(32)33/h2-12H,1H3,(H,28,31). The van der Waals surface area contributed by atoms with Crippen LogP contribution < -0.4 is 5.32 Å². The second-order valence-electron chi connectivity index (χ2n) is 7.35. The van der Waals surface area contributed by atoms with Crippen molar-refractivity contribution in [2.24, 2.45) is 0 Å². The molecule has 0 aliphatic rings. The molecule has 1 heterocycles. The molecule has 0 bridgehead atoms. The van der Waals surface area contributed by atoms with E-state index in [-0.39, 0.29) is 17.2 Å². The molecular weight excluding hydrogens is 482 g/mol. The summed E-state index contributed by atoms with van der Waals surface area (Å²) in [6.45, 7) is 1.95. The van der Waals surface area contributed by atoms with E-state index >= 15 is 0 Å². The lowest BCUT2D eigenvalue weighted by molar-refractivity contribution is -0.387. The lowest BCUT2D eigenvalue weighted by atomic mass is 10.1. The molecule has 0 radical (unpaired) electrons. The molecule has 0 atom stereocenters. The van der Waals surface area contributed by atoms with Crippen molar-refractivity contribution in [2.45, 2.75) is 16.2 Å². The summed E-state index contributed by atoms with van der Waals surface area (Å²) in [5, 5.41) is 32.3. The van der Waals surface area contributed by atoms with Crippen molar-refractivity contribution >= 4 is 56.7 Å². The van der Waals surface area contributed by atoms with E-state index in [1.165, 1.54) is 23.5 Å². The van der Waals surface area contributed by atoms with Gasteiger partial charge in [-0.3, -0.25) is 14.9 Å². The minimum Gasteiger partial charge on any atom is -0.322 e. The quantitative estimate of drug-likeness (QED) is 0.186. The molecule has 1 N–H and O–H groups in total. The lowest BCUT2D eigenvalue weighted by Gasteiger charge is -2.05. The number of carbonyl (C=O) groups is 1. The SMILES string of the molecule is Cc1ccc(C(=O)Nc2ccc3nc(Sc4ccc(C=C(C#N)C#N)cc4[N+](=O)[O-])sc3c2)cc1. The van der Waals surface area contributed by atoms with Crippen molar-refractivity contribution in [1.82, 2.24) is 4.98 Å². The van der Waals surface area contributed by atoms with Gasteiger partial charge in [0.2, 0.25) is 0 Å².